The van der Waals surface area contributed by atoms with E-state index in [0.717, 1.165) is 12.5 Å². The third kappa shape index (κ3) is 7.11. The monoisotopic (exact) mass is 304 g/mol. The number of carbonyl (C=O) groups is 1. The molecule has 0 spiro atoms. The first-order chi connectivity index (χ1) is 10.5. The van der Waals surface area contributed by atoms with Crippen LogP contribution in [0.3, 0.4) is 0 Å². The van der Waals surface area contributed by atoms with Gasteiger partial charge in [0.05, 0.1) is 6.54 Å². The highest BCUT2D eigenvalue weighted by molar-refractivity contribution is 5.81. The summed E-state index contributed by atoms with van der Waals surface area (Å²) in [7, 11) is 0. The molecule has 5 heteroatoms. The third-order valence-corrected chi connectivity index (χ3v) is 3.11. The molecule has 0 aromatic heterocycles. The second kappa shape index (κ2) is 9.82. The molecule has 0 radical (unpaired) electrons. The maximum absolute atomic E-state index is 11.6. The summed E-state index contributed by atoms with van der Waals surface area (Å²) in [4.78, 5) is 16.2. The second-order valence-electron chi connectivity index (χ2n) is 5.52. The summed E-state index contributed by atoms with van der Waals surface area (Å²) in [6, 6.07) is 8.39. The van der Waals surface area contributed by atoms with E-state index in [1.165, 1.54) is 11.1 Å². The van der Waals surface area contributed by atoms with Gasteiger partial charge in [-0.25, -0.2) is 4.99 Å². The minimum atomic E-state index is 0.0530. The number of guanidine groups is 1. The van der Waals surface area contributed by atoms with E-state index in [0.29, 0.717) is 19.5 Å². The van der Waals surface area contributed by atoms with Gasteiger partial charge in [0.1, 0.15) is 0 Å². The van der Waals surface area contributed by atoms with Gasteiger partial charge in [0.25, 0.3) is 0 Å². The van der Waals surface area contributed by atoms with E-state index in [1.54, 1.807) is 0 Å². The number of aryl methyl sites for hydroxylation is 1. The molecule has 1 aromatic carbocycles. The lowest BCUT2D eigenvalue weighted by molar-refractivity contribution is -0.121. The van der Waals surface area contributed by atoms with Gasteiger partial charge >= 0.3 is 0 Å². The highest BCUT2D eigenvalue weighted by Crippen LogP contribution is 2.07. The van der Waals surface area contributed by atoms with E-state index in [4.69, 9.17) is 0 Å². The van der Waals surface area contributed by atoms with Crippen LogP contribution in [0, 0.1) is 6.92 Å². The smallest absolute Gasteiger partial charge is 0.221 e. The van der Waals surface area contributed by atoms with Crippen LogP contribution < -0.4 is 16.0 Å². The molecule has 22 heavy (non-hydrogen) atoms. The molecule has 0 heterocycles. The Morgan fingerprint density at radius 3 is 2.59 bits per heavy atom. The molecule has 0 aliphatic rings. The van der Waals surface area contributed by atoms with E-state index in [1.807, 2.05) is 32.9 Å². The van der Waals surface area contributed by atoms with Gasteiger partial charge in [0.2, 0.25) is 5.91 Å². The first-order valence-electron chi connectivity index (χ1n) is 7.89. The Labute approximate surface area is 133 Å². The Morgan fingerprint density at radius 1 is 1.23 bits per heavy atom. The zero-order valence-electron chi connectivity index (χ0n) is 14.1. The van der Waals surface area contributed by atoms with Gasteiger partial charge in [0.15, 0.2) is 5.96 Å². The van der Waals surface area contributed by atoms with Crippen LogP contribution in [0.4, 0.5) is 0 Å². The van der Waals surface area contributed by atoms with Crippen LogP contribution in [0.2, 0.25) is 0 Å². The summed E-state index contributed by atoms with van der Waals surface area (Å²) in [5.74, 6) is 0.792. The van der Waals surface area contributed by atoms with Crippen LogP contribution >= 0.6 is 0 Å². The van der Waals surface area contributed by atoms with E-state index >= 15 is 0 Å². The molecule has 0 unspecified atom stereocenters. The topological polar surface area (TPSA) is 65.5 Å². The summed E-state index contributed by atoms with van der Waals surface area (Å²) < 4.78 is 0. The van der Waals surface area contributed by atoms with Crippen LogP contribution in [-0.4, -0.2) is 31.0 Å². The average molecular weight is 304 g/mol. The summed E-state index contributed by atoms with van der Waals surface area (Å²) in [5.41, 5.74) is 2.44. The quantitative estimate of drug-likeness (QED) is 0.533. The van der Waals surface area contributed by atoms with Gasteiger partial charge in [-0.15, -0.1) is 0 Å². The van der Waals surface area contributed by atoms with Crippen molar-refractivity contribution in [1.29, 1.82) is 0 Å². The lowest BCUT2D eigenvalue weighted by Gasteiger charge is -2.12. The summed E-state index contributed by atoms with van der Waals surface area (Å²) in [5, 5.41) is 9.26. The van der Waals surface area contributed by atoms with Gasteiger partial charge in [-0.3, -0.25) is 4.79 Å². The van der Waals surface area contributed by atoms with Crippen molar-refractivity contribution in [3.05, 3.63) is 35.4 Å². The van der Waals surface area contributed by atoms with Crippen LogP contribution in [0.1, 0.15) is 38.3 Å². The lowest BCUT2D eigenvalue weighted by atomic mass is 10.1. The Morgan fingerprint density at radius 2 is 1.95 bits per heavy atom. The number of amides is 1. The fourth-order valence-electron chi connectivity index (χ4n) is 1.98. The number of hydrogen-bond donors (Lipinski definition) is 3. The summed E-state index contributed by atoms with van der Waals surface area (Å²) in [6.45, 7) is 10.0. The number of nitrogens with one attached hydrogen (secondary N) is 3. The minimum absolute atomic E-state index is 0.0530. The summed E-state index contributed by atoms with van der Waals surface area (Å²) in [6.07, 6.45) is 0.437. The van der Waals surface area contributed by atoms with Crippen molar-refractivity contribution in [2.24, 2.45) is 4.99 Å². The Hall–Kier alpha value is -2.04. The average Bonchev–Trinajstić information content (AvgIpc) is 2.45. The Bertz CT molecular complexity index is 497. The van der Waals surface area contributed by atoms with Crippen LogP contribution in [0.15, 0.2) is 29.3 Å². The number of carbonyl (C=O) groups excluding carboxylic acids is 1. The standard InChI is InChI=1S/C17H28N4O/c1-5-18-17(19-11-10-16(22)21-13(2)3)20-12-15-9-7-6-8-14(15)4/h6-9,13H,5,10-12H2,1-4H3,(H,21,22)(H2,18,19,20). The van der Waals surface area contributed by atoms with E-state index in [9.17, 15) is 4.79 Å². The van der Waals surface area contributed by atoms with Crippen molar-refractivity contribution in [1.82, 2.24) is 16.0 Å². The van der Waals surface area contributed by atoms with Crippen molar-refractivity contribution < 1.29 is 4.79 Å². The van der Waals surface area contributed by atoms with Crippen LogP contribution in [-0.2, 0) is 11.3 Å². The molecular formula is C17H28N4O. The minimum Gasteiger partial charge on any atom is -0.357 e. The number of benzene rings is 1. The van der Waals surface area contributed by atoms with Gasteiger partial charge in [-0.05, 0) is 38.8 Å². The number of aliphatic imine (C=N–C) groups is 1. The normalized spacial score (nSPS) is 11.4. The van der Waals surface area contributed by atoms with Crippen molar-refractivity contribution in [2.75, 3.05) is 13.1 Å². The Kier molecular flexibility index (Phi) is 8.04. The predicted molar refractivity (Wildman–Crippen MR) is 91.9 cm³/mol. The fourth-order valence-corrected chi connectivity index (χ4v) is 1.98. The maximum atomic E-state index is 11.6. The van der Waals surface area contributed by atoms with Gasteiger partial charge < -0.3 is 16.0 Å². The SMILES string of the molecule is CCNC(=NCc1ccccc1C)NCCC(=O)NC(C)C. The second-order valence-corrected chi connectivity index (χ2v) is 5.52. The highest BCUT2D eigenvalue weighted by atomic mass is 16.1. The van der Waals surface area contributed by atoms with E-state index < -0.39 is 0 Å². The number of nitrogens with zero attached hydrogens (tertiary/aromatic N) is 1. The zero-order valence-corrected chi connectivity index (χ0v) is 14.1. The summed E-state index contributed by atoms with van der Waals surface area (Å²) >= 11 is 0. The first kappa shape index (κ1) is 18.0. The van der Waals surface area contributed by atoms with Crippen LogP contribution in [0.25, 0.3) is 0 Å². The predicted octanol–water partition coefficient (Wildman–Crippen LogP) is 1.96. The highest BCUT2D eigenvalue weighted by Gasteiger charge is 2.04. The van der Waals surface area contributed by atoms with E-state index in [-0.39, 0.29) is 11.9 Å². The molecule has 3 N–H and O–H groups in total. The zero-order chi connectivity index (χ0) is 16.4. The molecule has 1 amide bonds. The van der Waals surface area contributed by atoms with Crippen molar-refractivity contribution in [3.8, 4) is 0 Å². The van der Waals surface area contributed by atoms with Crippen molar-refractivity contribution >= 4 is 11.9 Å². The van der Waals surface area contributed by atoms with Crippen molar-refractivity contribution in [3.63, 3.8) is 0 Å². The van der Waals surface area contributed by atoms with Crippen LogP contribution in [0.5, 0.6) is 0 Å². The molecule has 0 atom stereocenters. The molecule has 0 aliphatic carbocycles. The van der Waals surface area contributed by atoms with Crippen molar-refractivity contribution in [2.45, 2.75) is 46.7 Å². The van der Waals surface area contributed by atoms with E-state index in [2.05, 4.69) is 40.0 Å². The molecule has 122 valence electrons. The molecule has 1 rings (SSSR count). The first-order valence-corrected chi connectivity index (χ1v) is 7.89. The molecule has 0 bridgehead atoms. The Balaban J connectivity index is 2.49. The largest absolute Gasteiger partial charge is 0.357 e. The molecule has 0 saturated heterocycles. The number of rotatable bonds is 7. The van der Waals surface area contributed by atoms with Gasteiger partial charge in [-0.1, -0.05) is 24.3 Å². The fraction of sp³-hybridized carbons (Fsp3) is 0.529. The van der Waals surface area contributed by atoms with Gasteiger partial charge in [0, 0.05) is 25.6 Å². The molecule has 0 aliphatic heterocycles. The number of hydrogen-bond acceptors (Lipinski definition) is 2. The maximum Gasteiger partial charge on any atom is 0.221 e. The molecule has 1 aromatic rings. The molecule has 0 fully saturated rings. The van der Waals surface area contributed by atoms with Gasteiger partial charge in [-0.2, -0.15) is 0 Å². The molecular weight excluding hydrogens is 276 g/mol. The molecule has 0 saturated carbocycles. The third-order valence-electron chi connectivity index (χ3n) is 3.11. The lowest BCUT2D eigenvalue weighted by Crippen LogP contribution is -2.40. The molecule has 5 nitrogen and oxygen atoms in total.